The summed E-state index contributed by atoms with van der Waals surface area (Å²) in [6.07, 6.45) is 6.02. The Morgan fingerprint density at radius 1 is 1.63 bits per heavy atom. The molecule has 2 aromatic rings. The highest BCUT2D eigenvalue weighted by Crippen LogP contribution is 2.32. The van der Waals surface area contributed by atoms with Crippen LogP contribution in [0.2, 0.25) is 0 Å². The molecule has 2 rings (SSSR count). The maximum absolute atomic E-state index is 12.1. The standard InChI is InChI=1S/C14H15N3OS/c1-4-9(5-2)17-13(18)12-11(15)10-7-6-8(3)16-14(10)19-12/h1,6-7,9H,5,15H2,2-3H3,(H,17,18). The molecule has 0 saturated heterocycles. The number of terminal acetylenes is 1. The summed E-state index contributed by atoms with van der Waals surface area (Å²) in [5, 5.41) is 3.59. The maximum Gasteiger partial charge on any atom is 0.264 e. The summed E-state index contributed by atoms with van der Waals surface area (Å²) < 4.78 is 0. The van der Waals surface area contributed by atoms with Gasteiger partial charge in [0.1, 0.15) is 9.71 Å². The Bertz CT molecular complexity index is 669. The molecule has 19 heavy (non-hydrogen) atoms. The number of fused-ring (bicyclic) bond motifs is 1. The molecule has 0 aliphatic carbocycles. The maximum atomic E-state index is 12.1. The van der Waals surface area contributed by atoms with Gasteiger partial charge in [0, 0.05) is 11.1 Å². The number of nitrogen functional groups attached to an aromatic ring is 1. The molecular weight excluding hydrogens is 258 g/mol. The first-order chi connectivity index (χ1) is 9.06. The van der Waals surface area contributed by atoms with Crippen LogP contribution in [0.15, 0.2) is 12.1 Å². The molecule has 1 amide bonds. The van der Waals surface area contributed by atoms with Crippen LogP contribution in [0, 0.1) is 19.3 Å². The summed E-state index contributed by atoms with van der Waals surface area (Å²) in [6.45, 7) is 3.82. The first-order valence-electron chi connectivity index (χ1n) is 5.99. The molecule has 2 heterocycles. The van der Waals surface area contributed by atoms with Crippen LogP contribution in [0.25, 0.3) is 10.2 Å². The molecule has 0 radical (unpaired) electrons. The first kappa shape index (κ1) is 13.4. The number of rotatable bonds is 3. The molecule has 0 aliphatic rings. The Morgan fingerprint density at radius 2 is 2.37 bits per heavy atom. The van der Waals surface area contributed by atoms with E-state index in [0.29, 0.717) is 17.0 Å². The van der Waals surface area contributed by atoms with Gasteiger partial charge >= 0.3 is 0 Å². The first-order valence-corrected chi connectivity index (χ1v) is 6.81. The van der Waals surface area contributed by atoms with E-state index >= 15 is 0 Å². The van der Waals surface area contributed by atoms with Crippen molar-refractivity contribution >= 4 is 33.1 Å². The van der Waals surface area contributed by atoms with Gasteiger partial charge in [-0.2, -0.15) is 0 Å². The Kier molecular flexibility index (Phi) is 3.72. The number of hydrogen-bond donors (Lipinski definition) is 2. The lowest BCUT2D eigenvalue weighted by molar-refractivity contribution is 0.0950. The zero-order valence-corrected chi connectivity index (χ0v) is 11.7. The molecule has 1 unspecified atom stereocenters. The fraction of sp³-hybridized carbons (Fsp3) is 0.286. The van der Waals surface area contributed by atoms with Crippen LogP contribution in [-0.4, -0.2) is 16.9 Å². The second kappa shape index (κ2) is 5.29. The van der Waals surface area contributed by atoms with Crippen molar-refractivity contribution in [2.75, 3.05) is 5.73 Å². The highest BCUT2D eigenvalue weighted by molar-refractivity contribution is 7.21. The van der Waals surface area contributed by atoms with Gasteiger partial charge in [0.05, 0.1) is 11.7 Å². The van der Waals surface area contributed by atoms with Gasteiger partial charge in [0.2, 0.25) is 0 Å². The van der Waals surface area contributed by atoms with Crippen molar-refractivity contribution in [3.05, 3.63) is 22.7 Å². The van der Waals surface area contributed by atoms with Crippen LogP contribution in [0.5, 0.6) is 0 Å². The molecule has 2 aromatic heterocycles. The van der Waals surface area contributed by atoms with Crippen molar-refractivity contribution in [2.24, 2.45) is 0 Å². The molecule has 3 N–H and O–H groups in total. The summed E-state index contributed by atoms with van der Waals surface area (Å²) in [4.78, 5) is 17.8. The van der Waals surface area contributed by atoms with Gasteiger partial charge in [-0.1, -0.05) is 12.8 Å². The van der Waals surface area contributed by atoms with Gasteiger partial charge in [-0.15, -0.1) is 17.8 Å². The van der Waals surface area contributed by atoms with Crippen LogP contribution in [0.4, 0.5) is 5.69 Å². The third-order valence-electron chi connectivity index (χ3n) is 2.85. The zero-order chi connectivity index (χ0) is 14.0. The number of pyridine rings is 1. The average Bonchev–Trinajstić information content (AvgIpc) is 2.72. The predicted molar refractivity (Wildman–Crippen MR) is 79.1 cm³/mol. The van der Waals surface area contributed by atoms with E-state index in [4.69, 9.17) is 12.2 Å². The number of thiophene rings is 1. The molecule has 98 valence electrons. The van der Waals surface area contributed by atoms with Crippen LogP contribution in [0.3, 0.4) is 0 Å². The summed E-state index contributed by atoms with van der Waals surface area (Å²) in [7, 11) is 0. The number of carbonyl (C=O) groups is 1. The Balaban J connectivity index is 2.38. The highest BCUT2D eigenvalue weighted by Gasteiger charge is 2.18. The molecule has 0 fully saturated rings. The van der Waals surface area contributed by atoms with Gasteiger partial charge < -0.3 is 11.1 Å². The quantitative estimate of drug-likeness (QED) is 0.843. The van der Waals surface area contributed by atoms with Crippen molar-refractivity contribution in [1.82, 2.24) is 10.3 Å². The van der Waals surface area contributed by atoms with E-state index in [0.717, 1.165) is 15.9 Å². The van der Waals surface area contributed by atoms with Crippen LogP contribution in [0.1, 0.15) is 28.7 Å². The normalized spacial score (nSPS) is 12.1. The monoisotopic (exact) mass is 273 g/mol. The van der Waals surface area contributed by atoms with Gasteiger partial charge in [-0.25, -0.2) is 4.98 Å². The topological polar surface area (TPSA) is 68.0 Å². The van der Waals surface area contributed by atoms with Crippen LogP contribution < -0.4 is 11.1 Å². The Hall–Kier alpha value is -2.06. The van der Waals surface area contributed by atoms with Crippen LogP contribution in [-0.2, 0) is 0 Å². The van der Waals surface area contributed by atoms with Crippen molar-refractivity contribution in [1.29, 1.82) is 0 Å². The predicted octanol–water partition coefficient (Wildman–Crippen LogP) is 2.33. The number of anilines is 1. The van der Waals surface area contributed by atoms with Gasteiger partial charge in [-0.05, 0) is 25.5 Å². The number of nitrogens with one attached hydrogen (secondary N) is 1. The molecule has 0 aliphatic heterocycles. The molecule has 0 bridgehead atoms. The van der Waals surface area contributed by atoms with Crippen molar-refractivity contribution in [3.8, 4) is 12.3 Å². The molecular formula is C14H15N3OS. The SMILES string of the molecule is C#CC(CC)NC(=O)c1sc2nc(C)ccc2c1N. The van der Waals surface area contributed by atoms with E-state index in [9.17, 15) is 4.79 Å². The number of nitrogens with two attached hydrogens (primary N) is 1. The third kappa shape index (κ3) is 2.54. The molecule has 4 nitrogen and oxygen atoms in total. The van der Waals surface area contributed by atoms with E-state index in [2.05, 4.69) is 16.2 Å². The van der Waals surface area contributed by atoms with E-state index in [1.165, 1.54) is 11.3 Å². The number of aromatic nitrogens is 1. The Morgan fingerprint density at radius 3 is 3.00 bits per heavy atom. The van der Waals surface area contributed by atoms with Crippen LogP contribution >= 0.6 is 11.3 Å². The molecule has 0 saturated carbocycles. The minimum atomic E-state index is -0.271. The van der Waals surface area contributed by atoms with Crippen molar-refractivity contribution < 1.29 is 4.79 Å². The second-order valence-corrected chi connectivity index (χ2v) is 5.25. The molecule has 1 atom stereocenters. The van der Waals surface area contributed by atoms with Gasteiger partial charge in [-0.3, -0.25) is 4.79 Å². The fourth-order valence-corrected chi connectivity index (χ4v) is 2.79. The van der Waals surface area contributed by atoms with Crippen molar-refractivity contribution in [2.45, 2.75) is 26.3 Å². The number of hydrogen-bond acceptors (Lipinski definition) is 4. The van der Waals surface area contributed by atoms with Gasteiger partial charge in [0.25, 0.3) is 5.91 Å². The summed E-state index contributed by atoms with van der Waals surface area (Å²) in [5.41, 5.74) is 7.37. The van der Waals surface area contributed by atoms with E-state index in [1.807, 2.05) is 26.0 Å². The van der Waals surface area contributed by atoms with E-state index in [-0.39, 0.29) is 11.9 Å². The lowest BCUT2D eigenvalue weighted by Gasteiger charge is -2.09. The lowest BCUT2D eigenvalue weighted by Crippen LogP contribution is -2.33. The number of carbonyl (C=O) groups excluding carboxylic acids is 1. The highest BCUT2D eigenvalue weighted by atomic mass is 32.1. The third-order valence-corrected chi connectivity index (χ3v) is 3.97. The molecule has 5 heteroatoms. The Labute approximate surface area is 116 Å². The fourth-order valence-electron chi connectivity index (χ4n) is 1.74. The summed E-state index contributed by atoms with van der Waals surface area (Å²) in [5.74, 6) is 2.30. The molecule has 0 spiro atoms. The number of amides is 1. The number of nitrogens with zero attached hydrogens (tertiary/aromatic N) is 1. The summed E-state index contributed by atoms with van der Waals surface area (Å²) >= 11 is 1.29. The average molecular weight is 273 g/mol. The van der Waals surface area contributed by atoms with Crippen molar-refractivity contribution in [3.63, 3.8) is 0 Å². The minimum absolute atomic E-state index is 0.233. The smallest absolute Gasteiger partial charge is 0.264 e. The van der Waals surface area contributed by atoms with E-state index < -0.39 is 0 Å². The zero-order valence-electron chi connectivity index (χ0n) is 10.9. The largest absolute Gasteiger partial charge is 0.397 e. The number of aryl methyl sites for hydroxylation is 1. The lowest BCUT2D eigenvalue weighted by atomic mass is 10.2. The molecule has 0 aromatic carbocycles. The summed E-state index contributed by atoms with van der Waals surface area (Å²) in [6, 6.07) is 3.49. The second-order valence-electron chi connectivity index (χ2n) is 4.25. The minimum Gasteiger partial charge on any atom is -0.397 e. The van der Waals surface area contributed by atoms with Gasteiger partial charge in [0.15, 0.2) is 0 Å². The van der Waals surface area contributed by atoms with E-state index in [1.54, 1.807) is 0 Å².